The first kappa shape index (κ1) is 19.2. The molecule has 1 saturated heterocycles. The molecule has 1 unspecified atom stereocenters. The van der Waals surface area contributed by atoms with Gasteiger partial charge in [-0.1, -0.05) is 19.1 Å². The molecule has 1 atom stereocenters. The number of nitrogens with zero attached hydrogens (tertiary/aromatic N) is 2. The van der Waals surface area contributed by atoms with Crippen LogP contribution in [0.5, 0.6) is 0 Å². The second-order valence-corrected chi connectivity index (χ2v) is 7.35. The molecule has 25 heavy (non-hydrogen) atoms. The lowest BCUT2D eigenvalue weighted by Crippen LogP contribution is -2.53. The van der Waals surface area contributed by atoms with E-state index in [1.54, 1.807) is 38.7 Å². The molecule has 0 radical (unpaired) electrons. The molecule has 2 rings (SSSR count). The standard InChI is InChI=1S/C19H27FN2O3/c1-6-16(23)21-10-11-22(18(24)25-19(3,4)5)15(12-21)17-13(2)8-7-9-14(17)20/h7-9,15H,6,10-12H2,1-5H3. The lowest BCUT2D eigenvalue weighted by Gasteiger charge is -2.42. The predicted molar refractivity (Wildman–Crippen MR) is 93.7 cm³/mol. The zero-order valence-electron chi connectivity index (χ0n) is 15.6. The van der Waals surface area contributed by atoms with Gasteiger partial charge in [-0.05, 0) is 39.3 Å². The molecule has 138 valence electrons. The van der Waals surface area contributed by atoms with Crippen molar-refractivity contribution >= 4 is 12.0 Å². The van der Waals surface area contributed by atoms with Gasteiger partial charge in [0, 0.05) is 31.6 Å². The monoisotopic (exact) mass is 350 g/mol. The number of amides is 2. The summed E-state index contributed by atoms with van der Waals surface area (Å²) in [5.41, 5.74) is 0.564. The fourth-order valence-corrected chi connectivity index (χ4v) is 3.09. The van der Waals surface area contributed by atoms with E-state index in [0.717, 1.165) is 5.56 Å². The minimum Gasteiger partial charge on any atom is -0.444 e. The molecule has 0 saturated carbocycles. The molecule has 1 aliphatic rings. The Morgan fingerprint density at radius 1 is 1.28 bits per heavy atom. The molecule has 6 heteroatoms. The molecule has 0 spiro atoms. The Morgan fingerprint density at radius 2 is 1.96 bits per heavy atom. The largest absolute Gasteiger partial charge is 0.444 e. The number of carbonyl (C=O) groups excluding carboxylic acids is 2. The van der Waals surface area contributed by atoms with Gasteiger partial charge < -0.3 is 9.64 Å². The SMILES string of the molecule is CCC(=O)N1CCN(C(=O)OC(C)(C)C)C(c2c(C)cccc2F)C1. The molecule has 1 aromatic carbocycles. The van der Waals surface area contributed by atoms with E-state index in [2.05, 4.69) is 0 Å². The van der Waals surface area contributed by atoms with Crippen LogP contribution in [-0.4, -0.2) is 47.0 Å². The van der Waals surface area contributed by atoms with Crippen molar-refractivity contribution in [2.75, 3.05) is 19.6 Å². The molecule has 0 bridgehead atoms. The summed E-state index contributed by atoms with van der Waals surface area (Å²) in [5, 5.41) is 0. The number of hydrogen-bond acceptors (Lipinski definition) is 3. The highest BCUT2D eigenvalue weighted by atomic mass is 19.1. The van der Waals surface area contributed by atoms with Crippen molar-refractivity contribution in [3.8, 4) is 0 Å². The van der Waals surface area contributed by atoms with Crippen molar-refractivity contribution in [3.05, 3.63) is 35.1 Å². The predicted octanol–water partition coefficient (Wildman–Crippen LogP) is 3.66. The number of benzene rings is 1. The summed E-state index contributed by atoms with van der Waals surface area (Å²) in [6, 6.07) is 4.28. The van der Waals surface area contributed by atoms with Crippen LogP contribution in [0, 0.1) is 12.7 Å². The first-order chi connectivity index (χ1) is 11.6. The van der Waals surface area contributed by atoms with Gasteiger partial charge in [-0.2, -0.15) is 0 Å². The molecule has 0 N–H and O–H groups in total. The maximum absolute atomic E-state index is 14.5. The Labute approximate surface area is 148 Å². The van der Waals surface area contributed by atoms with Gasteiger partial charge in [-0.3, -0.25) is 9.69 Å². The molecule has 1 heterocycles. The van der Waals surface area contributed by atoms with Crippen LogP contribution >= 0.6 is 0 Å². The Balaban J connectivity index is 2.38. The maximum atomic E-state index is 14.5. The van der Waals surface area contributed by atoms with Crippen LogP contribution in [0.1, 0.15) is 51.3 Å². The molecule has 1 aliphatic heterocycles. The second-order valence-electron chi connectivity index (χ2n) is 7.35. The number of rotatable bonds is 2. The van der Waals surface area contributed by atoms with Gasteiger partial charge in [0.15, 0.2) is 0 Å². The van der Waals surface area contributed by atoms with Gasteiger partial charge in [-0.15, -0.1) is 0 Å². The first-order valence-electron chi connectivity index (χ1n) is 8.66. The van der Waals surface area contributed by atoms with E-state index >= 15 is 0 Å². The van der Waals surface area contributed by atoms with Crippen LogP contribution in [0.15, 0.2) is 18.2 Å². The Morgan fingerprint density at radius 3 is 2.52 bits per heavy atom. The first-order valence-corrected chi connectivity index (χ1v) is 8.66. The highest BCUT2D eigenvalue weighted by Crippen LogP contribution is 2.31. The Kier molecular flexibility index (Phi) is 5.70. The van der Waals surface area contributed by atoms with Crippen molar-refractivity contribution in [1.29, 1.82) is 0 Å². The molecular weight excluding hydrogens is 323 g/mol. The van der Waals surface area contributed by atoms with Gasteiger partial charge in [0.1, 0.15) is 11.4 Å². The summed E-state index contributed by atoms with van der Waals surface area (Å²) < 4.78 is 20.0. The molecule has 0 aliphatic carbocycles. The lowest BCUT2D eigenvalue weighted by atomic mass is 9.97. The van der Waals surface area contributed by atoms with E-state index in [9.17, 15) is 14.0 Å². The third-order valence-corrected chi connectivity index (χ3v) is 4.27. The summed E-state index contributed by atoms with van der Waals surface area (Å²) in [6.45, 7) is 10.0. The summed E-state index contributed by atoms with van der Waals surface area (Å²) in [4.78, 5) is 28.0. The summed E-state index contributed by atoms with van der Waals surface area (Å²) >= 11 is 0. The molecular formula is C19H27FN2O3. The van der Waals surface area contributed by atoms with E-state index in [1.165, 1.54) is 11.0 Å². The fourth-order valence-electron chi connectivity index (χ4n) is 3.09. The molecule has 5 nitrogen and oxygen atoms in total. The molecule has 2 amide bonds. The number of piperazine rings is 1. The topological polar surface area (TPSA) is 49.9 Å². The van der Waals surface area contributed by atoms with Crippen LogP contribution in [0.2, 0.25) is 0 Å². The molecule has 1 fully saturated rings. The van der Waals surface area contributed by atoms with Crippen LogP contribution in [0.3, 0.4) is 0 Å². The van der Waals surface area contributed by atoms with Crippen molar-refractivity contribution in [3.63, 3.8) is 0 Å². The number of hydrogen-bond donors (Lipinski definition) is 0. The lowest BCUT2D eigenvalue weighted by molar-refractivity contribution is -0.134. The third-order valence-electron chi connectivity index (χ3n) is 4.27. The Hall–Kier alpha value is -2.11. The van der Waals surface area contributed by atoms with Crippen molar-refractivity contribution < 1.29 is 18.7 Å². The zero-order chi connectivity index (χ0) is 18.8. The number of ether oxygens (including phenoxy) is 1. The zero-order valence-corrected chi connectivity index (χ0v) is 15.6. The van der Waals surface area contributed by atoms with Crippen LogP contribution in [0.25, 0.3) is 0 Å². The van der Waals surface area contributed by atoms with Crippen molar-refractivity contribution in [1.82, 2.24) is 9.80 Å². The third kappa shape index (κ3) is 4.50. The molecule has 0 aromatic heterocycles. The van der Waals surface area contributed by atoms with E-state index in [4.69, 9.17) is 4.74 Å². The summed E-state index contributed by atoms with van der Waals surface area (Å²) in [6.07, 6.45) is -0.0983. The summed E-state index contributed by atoms with van der Waals surface area (Å²) in [7, 11) is 0. The summed E-state index contributed by atoms with van der Waals surface area (Å²) in [5.74, 6) is -0.368. The highest BCUT2D eigenvalue weighted by Gasteiger charge is 2.37. The molecule has 1 aromatic rings. The van der Waals surface area contributed by atoms with Gasteiger partial charge >= 0.3 is 6.09 Å². The van der Waals surface area contributed by atoms with Crippen LogP contribution in [0.4, 0.5) is 9.18 Å². The second kappa shape index (κ2) is 7.42. The quantitative estimate of drug-likeness (QED) is 0.818. The van der Waals surface area contributed by atoms with E-state index in [1.807, 2.05) is 13.0 Å². The van der Waals surface area contributed by atoms with Crippen LogP contribution in [-0.2, 0) is 9.53 Å². The Bertz CT molecular complexity index is 634. The number of halogens is 1. The minimum absolute atomic E-state index is 0.00262. The maximum Gasteiger partial charge on any atom is 0.410 e. The average Bonchev–Trinajstić information content (AvgIpc) is 2.52. The van der Waals surface area contributed by atoms with E-state index in [0.29, 0.717) is 25.1 Å². The van der Waals surface area contributed by atoms with E-state index < -0.39 is 17.7 Å². The number of carbonyl (C=O) groups is 2. The fraction of sp³-hybridized carbons (Fsp3) is 0.579. The number of aryl methyl sites for hydroxylation is 1. The van der Waals surface area contributed by atoms with Gasteiger partial charge in [0.25, 0.3) is 0 Å². The smallest absolute Gasteiger partial charge is 0.410 e. The normalized spacial score (nSPS) is 18.2. The minimum atomic E-state index is -0.637. The average molecular weight is 350 g/mol. The van der Waals surface area contributed by atoms with Gasteiger partial charge in [0.2, 0.25) is 5.91 Å². The van der Waals surface area contributed by atoms with Crippen molar-refractivity contribution in [2.45, 2.75) is 52.7 Å². The van der Waals surface area contributed by atoms with Gasteiger partial charge in [-0.25, -0.2) is 9.18 Å². The van der Waals surface area contributed by atoms with Gasteiger partial charge in [0.05, 0.1) is 6.04 Å². The highest BCUT2D eigenvalue weighted by molar-refractivity contribution is 5.76. The van der Waals surface area contributed by atoms with Crippen LogP contribution < -0.4 is 0 Å². The van der Waals surface area contributed by atoms with Crippen molar-refractivity contribution in [2.24, 2.45) is 0 Å². The van der Waals surface area contributed by atoms with E-state index in [-0.39, 0.29) is 18.3 Å².